The summed E-state index contributed by atoms with van der Waals surface area (Å²) in [5.41, 5.74) is 0.137. The summed E-state index contributed by atoms with van der Waals surface area (Å²) in [5, 5.41) is 0.568. The molecule has 0 fully saturated rings. The van der Waals surface area contributed by atoms with Crippen LogP contribution >= 0.6 is 11.6 Å². The number of esters is 1. The predicted octanol–water partition coefficient (Wildman–Crippen LogP) is 3.42. The van der Waals surface area contributed by atoms with Crippen molar-refractivity contribution in [3.8, 4) is 5.75 Å². The third kappa shape index (κ3) is 6.04. The van der Waals surface area contributed by atoms with Crippen molar-refractivity contribution in [3.05, 3.63) is 28.8 Å². The van der Waals surface area contributed by atoms with E-state index in [0.717, 1.165) is 5.56 Å². The summed E-state index contributed by atoms with van der Waals surface area (Å²) in [4.78, 5) is 24.7. The molecule has 0 aliphatic heterocycles. The number of amides is 1. The highest BCUT2D eigenvalue weighted by molar-refractivity contribution is 6.30. The van der Waals surface area contributed by atoms with Crippen LogP contribution in [0.3, 0.4) is 0 Å². The maximum absolute atomic E-state index is 11.8. The maximum atomic E-state index is 11.8. The number of carbonyl (C=O) groups excluding carboxylic acids is 2. The molecule has 0 spiro atoms. The molecule has 0 saturated carbocycles. The SMILES string of the molecule is Cc1cc(Cl)ccc1OC(=O)CN(C)C(=O)OC(C)(C)C. The van der Waals surface area contributed by atoms with E-state index in [1.807, 2.05) is 0 Å². The normalized spacial score (nSPS) is 11.0. The zero-order valence-electron chi connectivity index (χ0n) is 12.9. The molecule has 0 aromatic heterocycles. The Hall–Kier alpha value is -1.75. The van der Waals surface area contributed by atoms with Gasteiger partial charge in [-0.3, -0.25) is 0 Å². The average Bonchev–Trinajstić information content (AvgIpc) is 2.30. The molecule has 0 heterocycles. The second-order valence-corrected chi connectivity index (χ2v) is 6.16. The van der Waals surface area contributed by atoms with E-state index in [4.69, 9.17) is 21.1 Å². The van der Waals surface area contributed by atoms with Crippen LogP contribution in [0.5, 0.6) is 5.75 Å². The lowest BCUT2D eigenvalue weighted by Gasteiger charge is -2.24. The molecule has 6 heteroatoms. The molecule has 1 rings (SSSR count). The smallest absolute Gasteiger partial charge is 0.410 e. The van der Waals surface area contributed by atoms with Gasteiger partial charge in [0.2, 0.25) is 0 Å². The largest absolute Gasteiger partial charge is 0.444 e. The van der Waals surface area contributed by atoms with Crippen LogP contribution in [0.2, 0.25) is 5.02 Å². The van der Waals surface area contributed by atoms with Gasteiger partial charge in [0.1, 0.15) is 17.9 Å². The van der Waals surface area contributed by atoms with Crippen molar-refractivity contribution in [2.24, 2.45) is 0 Å². The van der Waals surface area contributed by atoms with E-state index < -0.39 is 17.7 Å². The summed E-state index contributed by atoms with van der Waals surface area (Å²) in [6, 6.07) is 4.94. The number of carbonyl (C=O) groups is 2. The van der Waals surface area contributed by atoms with Crippen molar-refractivity contribution < 1.29 is 19.1 Å². The third-order valence-corrected chi connectivity index (χ3v) is 2.67. The summed E-state index contributed by atoms with van der Waals surface area (Å²) in [7, 11) is 1.48. The highest BCUT2D eigenvalue weighted by Gasteiger charge is 2.22. The Morgan fingerprint density at radius 2 is 1.90 bits per heavy atom. The quantitative estimate of drug-likeness (QED) is 0.634. The second-order valence-electron chi connectivity index (χ2n) is 5.72. The molecular weight excluding hydrogens is 294 g/mol. The Labute approximate surface area is 129 Å². The van der Waals surface area contributed by atoms with Crippen LogP contribution in [0, 0.1) is 6.92 Å². The number of likely N-dealkylation sites (N-methyl/N-ethyl adjacent to an activating group) is 1. The van der Waals surface area contributed by atoms with Crippen LogP contribution in [0.4, 0.5) is 4.79 Å². The van der Waals surface area contributed by atoms with Gasteiger partial charge in [-0.1, -0.05) is 11.6 Å². The summed E-state index contributed by atoms with van der Waals surface area (Å²) in [6.45, 7) is 6.86. The van der Waals surface area contributed by atoms with E-state index in [1.54, 1.807) is 45.9 Å². The molecule has 21 heavy (non-hydrogen) atoms. The Kier molecular flexibility index (Phi) is 5.61. The number of rotatable bonds is 3. The fourth-order valence-corrected chi connectivity index (χ4v) is 1.71. The zero-order valence-corrected chi connectivity index (χ0v) is 13.7. The minimum Gasteiger partial charge on any atom is -0.444 e. The van der Waals surface area contributed by atoms with Crippen molar-refractivity contribution in [2.75, 3.05) is 13.6 Å². The van der Waals surface area contributed by atoms with E-state index in [2.05, 4.69) is 0 Å². The number of hydrogen-bond donors (Lipinski definition) is 0. The van der Waals surface area contributed by atoms with Crippen molar-refractivity contribution in [2.45, 2.75) is 33.3 Å². The van der Waals surface area contributed by atoms with E-state index in [-0.39, 0.29) is 6.54 Å². The van der Waals surface area contributed by atoms with E-state index in [1.165, 1.54) is 11.9 Å². The van der Waals surface area contributed by atoms with Gasteiger partial charge in [0.25, 0.3) is 0 Å². The van der Waals surface area contributed by atoms with Gasteiger partial charge >= 0.3 is 12.1 Å². The molecule has 0 aliphatic carbocycles. The monoisotopic (exact) mass is 313 g/mol. The highest BCUT2D eigenvalue weighted by Crippen LogP contribution is 2.22. The summed E-state index contributed by atoms with van der Waals surface area (Å²) >= 11 is 5.83. The van der Waals surface area contributed by atoms with Crippen LogP contribution in [0.1, 0.15) is 26.3 Å². The molecule has 0 atom stereocenters. The topological polar surface area (TPSA) is 55.8 Å². The van der Waals surface area contributed by atoms with Gasteiger partial charge in [0, 0.05) is 12.1 Å². The van der Waals surface area contributed by atoms with E-state index in [0.29, 0.717) is 10.8 Å². The van der Waals surface area contributed by atoms with Crippen LogP contribution in [-0.2, 0) is 9.53 Å². The van der Waals surface area contributed by atoms with Crippen molar-refractivity contribution in [1.29, 1.82) is 0 Å². The first-order chi connectivity index (χ1) is 9.58. The van der Waals surface area contributed by atoms with Crippen molar-refractivity contribution in [3.63, 3.8) is 0 Å². The minimum atomic E-state index is -0.609. The summed E-state index contributed by atoms with van der Waals surface area (Å²) in [5.74, 6) is -0.129. The molecule has 0 N–H and O–H groups in total. The van der Waals surface area contributed by atoms with Gasteiger partial charge in [-0.25, -0.2) is 9.59 Å². The van der Waals surface area contributed by atoms with Gasteiger partial charge < -0.3 is 14.4 Å². The Morgan fingerprint density at radius 3 is 2.43 bits per heavy atom. The maximum Gasteiger partial charge on any atom is 0.410 e. The molecule has 1 amide bonds. The third-order valence-electron chi connectivity index (χ3n) is 2.43. The lowest BCUT2D eigenvalue weighted by Crippen LogP contribution is -2.38. The highest BCUT2D eigenvalue weighted by atomic mass is 35.5. The average molecular weight is 314 g/mol. The molecule has 5 nitrogen and oxygen atoms in total. The van der Waals surface area contributed by atoms with Gasteiger partial charge in [0.15, 0.2) is 0 Å². The molecule has 1 aromatic rings. The Morgan fingerprint density at radius 1 is 1.29 bits per heavy atom. The molecule has 0 radical (unpaired) electrons. The Bertz CT molecular complexity index is 537. The number of aryl methyl sites for hydroxylation is 1. The summed E-state index contributed by atoms with van der Waals surface area (Å²) < 4.78 is 10.4. The van der Waals surface area contributed by atoms with Crippen LogP contribution in [-0.4, -0.2) is 36.2 Å². The fourth-order valence-electron chi connectivity index (χ4n) is 1.48. The van der Waals surface area contributed by atoms with Crippen molar-refractivity contribution in [1.82, 2.24) is 4.90 Å². The molecular formula is C15H20ClNO4. The molecule has 0 bridgehead atoms. The van der Waals surface area contributed by atoms with E-state index >= 15 is 0 Å². The molecule has 116 valence electrons. The molecule has 0 aliphatic rings. The predicted molar refractivity (Wildman–Crippen MR) is 80.7 cm³/mol. The number of nitrogens with zero attached hydrogens (tertiary/aromatic N) is 1. The first-order valence-electron chi connectivity index (χ1n) is 6.49. The number of hydrogen-bond acceptors (Lipinski definition) is 4. The first kappa shape index (κ1) is 17.3. The lowest BCUT2D eigenvalue weighted by molar-refractivity contribution is -0.135. The van der Waals surface area contributed by atoms with Crippen molar-refractivity contribution >= 4 is 23.7 Å². The fraction of sp³-hybridized carbons (Fsp3) is 0.467. The first-order valence-corrected chi connectivity index (χ1v) is 6.87. The van der Waals surface area contributed by atoms with Crippen LogP contribution < -0.4 is 4.74 Å². The van der Waals surface area contributed by atoms with Gasteiger partial charge in [-0.2, -0.15) is 0 Å². The number of halogens is 1. The molecule has 0 saturated heterocycles. The lowest BCUT2D eigenvalue weighted by atomic mass is 10.2. The van der Waals surface area contributed by atoms with Gasteiger partial charge in [0.05, 0.1) is 0 Å². The standard InChI is InChI=1S/C15H20ClNO4/c1-10-8-11(16)6-7-12(10)20-13(18)9-17(5)14(19)21-15(2,3)4/h6-8H,9H2,1-5H3. The molecule has 1 aromatic carbocycles. The van der Waals surface area contributed by atoms with Gasteiger partial charge in [-0.15, -0.1) is 0 Å². The Balaban J connectivity index is 2.59. The minimum absolute atomic E-state index is 0.197. The second kappa shape index (κ2) is 6.80. The summed E-state index contributed by atoms with van der Waals surface area (Å²) in [6.07, 6.45) is -0.577. The molecule has 0 unspecified atom stereocenters. The van der Waals surface area contributed by atoms with Crippen LogP contribution in [0.15, 0.2) is 18.2 Å². The van der Waals surface area contributed by atoms with Crippen LogP contribution in [0.25, 0.3) is 0 Å². The number of benzene rings is 1. The zero-order chi connectivity index (χ0) is 16.2. The van der Waals surface area contributed by atoms with Gasteiger partial charge in [-0.05, 0) is 51.5 Å². The van der Waals surface area contributed by atoms with E-state index in [9.17, 15) is 9.59 Å². The number of ether oxygens (including phenoxy) is 2.